The molecule has 1 saturated heterocycles. The summed E-state index contributed by atoms with van der Waals surface area (Å²) in [6.07, 6.45) is 2.83. The smallest absolute Gasteiger partial charge is 0.308 e. The molecule has 0 N–H and O–H groups in total. The van der Waals surface area contributed by atoms with Crippen LogP contribution in [0.5, 0.6) is 5.75 Å². The Hall–Kier alpha value is -1.55. The molecule has 0 bridgehead atoms. The van der Waals surface area contributed by atoms with Gasteiger partial charge in [0.15, 0.2) is 0 Å². The average Bonchev–Trinajstić information content (AvgIpc) is 2.54. The van der Waals surface area contributed by atoms with E-state index in [9.17, 15) is 4.79 Å². The van der Waals surface area contributed by atoms with Crippen LogP contribution in [0.2, 0.25) is 0 Å². The topological polar surface area (TPSA) is 38.8 Å². The van der Waals surface area contributed by atoms with E-state index in [4.69, 9.17) is 9.47 Å². The fourth-order valence-corrected chi connectivity index (χ4v) is 3.21. The molecule has 2 aliphatic rings. The third-order valence-corrected chi connectivity index (χ3v) is 4.44. The van der Waals surface area contributed by atoms with Crippen molar-refractivity contribution in [1.29, 1.82) is 0 Å². The molecule has 4 nitrogen and oxygen atoms in total. The van der Waals surface area contributed by atoms with E-state index < -0.39 is 0 Å². The highest BCUT2D eigenvalue weighted by molar-refractivity contribution is 5.72. The van der Waals surface area contributed by atoms with E-state index in [1.807, 2.05) is 12.1 Å². The molecule has 1 fully saturated rings. The zero-order valence-corrected chi connectivity index (χ0v) is 11.9. The van der Waals surface area contributed by atoms with Crippen LogP contribution >= 0.6 is 0 Å². The number of fused-ring (bicyclic) bond motifs is 1. The Morgan fingerprint density at radius 1 is 1.30 bits per heavy atom. The predicted molar refractivity (Wildman–Crippen MR) is 75.7 cm³/mol. The molecule has 3 rings (SSSR count). The quantitative estimate of drug-likeness (QED) is 0.773. The number of piperidine rings is 1. The molecule has 2 heterocycles. The van der Waals surface area contributed by atoms with Gasteiger partial charge in [0.05, 0.1) is 13.0 Å². The van der Waals surface area contributed by atoms with Crippen LogP contribution in [-0.4, -0.2) is 43.7 Å². The Labute approximate surface area is 119 Å². The summed E-state index contributed by atoms with van der Waals surface area (Å²) in [6, 6.07) is 8.69. The second-order valence-corrected chi connectivity index (χ2v) is 5.61. The molecular formula is C16H21NO3. The van der Waals surface area contributed by atoms with Crippen molar-refractivity contribution in [3.05, 3.63) is 29.8 Å². The minimum Gasteiger partial charge on any atom is -0.492 e. The molecular weight excluding hydrogens is 254 g/mol. The fourth-order valence-electron chi connectivity index (χ4n) is 3.21. The van der Waals surface area contributed by atoms with Crippen molar-refractivity contribution in [2.45, 2.75) is 25.3 Å². The van der Waals surface area contributed by atoms with Crippen molar-refractivity contribution in [2.75, 3.05) is 26.8 Å². The summed E-state index contributed by atoms with van der Waals surface area (Å²) in [7, 11) is 1.47. The minimum atomic E-state index is -0.0603. The second-order valence-electron chi connectivity index (χ2n) is 5.61. The first kappa shape index (κ1) is 13.4. The zero-order valence-electron chi connectivity index (χ0n) is 11.9. The first-order valence-electron chi connectivity index (χ1n) is 7.30. The molecule has 0 aliphatic carbocycles. The number of methoxy groups -OCH3 is 1. The summed E-state index contributed by atoms with van der Waals surface area (Å²) in [5.74, 6) is 1.04. The number of rotatable bonds is 2. The molecule has 4 heteroatoms. The van der Waals surface area contributed by atoms with Gasteiger partial charge >= 0.3 is 5.97 Å². The van der Waals surface area contributed by atoms with Crippen LogP contribution < -0.4 is 4.74 Å². The third kappa shape index (κ3) is 2.66. The molecule has 20 heavy (non-hydrogen) atoms. The first-order chi connectivity index (χ1) is 9.78. The van der Waals surface area contributed by atoms with E-state index in [2.05, 4.69) is 17.0 Å². The van der Waals surface area contributed by atoms with Gasteiger partial charge in [-0.15, -0.1) is 0 Å². The van der Waals surface area contributed by atoms with E-state index >= 15 is 0 Å². The monoisotopic (exact) mass is 275 g/mol. The van der Waals surface area contributed by atoms with Gasteiger partial charge in [-0.1, -0.05) is 18.2 Å². The van der Waals surface area contributed by atoms with Crippen LogP contribution in [0, 0.1) is 5.92 Å². The van der Waals surface area contributed by atoms with Gasteiger partial charge in [0.25, 0.3) is 0 Å². The van der Waals surface area contributed by atoms with Gasteiger partial charge in [0.1, 0.15) is 12.4 Å². The molecule has 0 saturated carbocycles. The molecule has 1 aromatic carbocycles. The lowest BCUT2D eigenvalue weighted by Crippen LogP contribution is -2.47. The maximum Gasteiger partial charge on any atom is 0.308 e. The number of carbonyl (C=O) groups excluding carboxylic acids is 1. The maximum absolute atomic E-state index is 11.5. The van der Waals surface area contributed by atoms with Gasteiger partial charge in [0, 0.05) is 6.04 Å². The molecule has 1 aromatic rings. The van der Waals surface area contributed by atoms with Gasteiger partial charge in [-0.3, -0.25) is 9.69 Å². The second kappa shape index (κ2) is 5.83. The van der Waals surface area contributed by atoms with Gasteiger partial charge in [-0.25, -0.2) is 0 Å². The highest BCUT2D eigenvalue weighted by Gasteiger charge is 2.31. The standard InChI is InChI=1S/C16H21NO3/c1-19-16(18)12-6-8-17(9-7-12)14-10-13-4-2-3-5-15(13)20-11-14/h2-5,12,14H,6-11H2,1H3/t14-/m0/s1. The lowest BCUT2D eigenvalue weighted by molar-refractivity contribution is -0.147. The van der Waals surface area contributed by atoms with Crippen molar-refractivity contribution >= 4 is 5.97 Å². The largest absolute Gasteiger partial charge is 0.492 e. The number of carbonyl (C=O) groups is 1. The molecule has 0 aromatic heterocycles. The third-order valence-electron chi connectivity index (χ3n) is 4.44. The zero-order chi connectivity index (χ0) is 13.9. The first-order valence-corrected chi connectivity index (χ1v) is 7.30. The van der Waals surface area contributed by atoms with Gasteiger partial charge in [-0.2, -0.15) is 0 Å². The van der Waals surface area contributed by atoms with Crippen LogP contribution in [0.15, 0.2) is 24.3 Å². The minimum absolute atomic E-state index is 0.0603. The number of hydrogen-bond acceptors (Lipinski definition) is 4. The van der Waals surface area contributed by atoms with E-state index in [-0.39, 0.29) is 11.9 Å². The van der Waals surface area contributed by atoms with E-state index in [0.29, 0.717) is 6.04 Å². The van der Waals surface area contributed by atoms with Gasteiger partial charge in [0.2, 0.25) is 0 Å². The summed E-state index contributed by atoms with van der Waals surface area (Å²) < 4.78 is 10.7. The summed E-state index contributed by atoms with van der Waals surface area (Å²) in [4.78, 5) is 14.0. The number of para-hydroxylation sites is 1. The van der Waals surface area contributed by atoms with Crippen molar-refractivity contribution in [3.63, 3.8) is 0 Å². The summed E-state index contributed by atoms with van der Waals surface area (Å²) >= 11 is 0. The predicted octanol–water partition coefficient (Wildman–Crippen LogP) is 1.88. The van der Waals surface area contributed by atoms with Crippen LogP contribution in [0.25, 0.3) is 0 Å². The Bertz CT molecular complexity index is 480. The number of nitrogens with zero attached hydrogens (tertiary/aromatic N) is 1. The van der Waals surface area contributed by atoms with Crippen molar-refractivity contribution in [1.82, 2.24) is 4.90 Å². The number of esters is 1. The average molecular weight is 275 g/mol. The SMILES string of the molecule is COC(=O)C1CCN([C@@H]2COc3ccccc3C2)CC1. The molecule has 0 radical (unpaired) electrons. The molecule has 0 unspecified atom stereocenters. The lowest BCUT2D eigenvalue weighted by Gasteiger charge is -2.38. The maximum atomic E-state index is 11.5. The molecule has 0 spiro atoms. The summed E-state index contributed by atoms with van der Waals surface area (Å²) in [6.45, 7) is 2.66. The number of hydrogen-bond donors (Lipinski definition) is 0. The number of ether oxygens (including phenoxy) is 2. The Balaban J connectivity index is 1.59. The molecule has 2 aliphatic heterocycles. The van der Waals surface area contributed by atoms with E-state index in [1.165, 1.54) is 12.7 Å². The number of benzene rings is 1. The Morgan fingerprint density at radius 2 is 2.05 bits per heavy atom. The normalized spacial score (nSPS) is 23.8. The fraction of sp³-hybridized carbons (Fsp3) is 0.562. The summed E-state index contributed by atoms with van der Waals surface area (Å²) in [5.41, 5.74) is 1.29. The molecule has 108 valence electrons. The molecule has 0 amide bonds. The van der Waals surface area contributed by atoms with Crippen LogP contribution in [0.3, 0.4) is 0 Å². The van der Waals surface area contributed by atoms with Crippen LogP contribution in [-0.2, 0) is 16.0 Å². The van der Waals surface area contributed by atoms with Crippen molar-refractivity contribution in [2.24, 2.45) is 5.92 Å². The number of likely N-dealkylation sites (tertiary alicyclic amines) is 1. The Morgan fingerprint density at radius 3 is 2.80 bits per heavy atom. The van der Waals surface area contributed by atoms with E-state index in [1.54, 1.807) is 0 Å². The highest BCUT2D eigenvalue weighted by atomic mass is 16.5. The summed E-state index contributed by atoms with van der Waals surface area (Å²) in [5, 5.41) is 0. The molecule has 1 atom stereocenters. The lowest BCUT2D eigenvalue weighted by atomic mass is 9.94. The highest BCUT2D eigenvalue weighted by Crippen LogP contribution is 2.28. The van der Waals surface area contributed by atoms with Crippen molar-refractivity contribution in [3.8, 4) is 5.75 Å². The van der Waals surface area contributed by atoms with E-state index in [0.717, 1.165) is 44.7 Å². The van der Waals surface area contributed by atoms with Gasteiger partial charge in [-0.05, 0) is 44.0 Å². The van der Waals surface area contributed by atoms with Crippen LogP contribution in [0.4, 0.5) is 0 Å². The van der Waals surface area contributed by atoms with Crippen molar-refractivity contribution < 1.29 is 14.3 Å². The Kier molecular flexibility index (Phi) is 3.92. The van der Waals surface area contributed by atoms with Gasteiger partial charge < -0.3 is 9.47 Å². The van der Waals surface area contributed by atoms with Crippen LogP contribution in [0.1, 0.15) is 18.4 Å².